The topological polar surface area (TPSA) is 71.2 Å². The highest BCUT2D eigenvalue weighted by Gasteiger charge is 2.22. The molecule has 1 saturated heterocycles. The molecule has 0 aromatic carbocycles. The van der Waals surface area contributed by atoms with Crippen LogP contribution < -0.4 is 11.3 Å². The summed E-state index contributed by atoms with van der Waals surface area (Å²) < 4.78 is 0. The largest absolute Gasteiger partial charge is 0.339 e. The molecule has 0 bridgehead atoms. The Kier molecular flexibility index (Phi) is 4.74. The van der Waals surface area contributed by atoms with E-state index in [1.54, 1.807) is 18.3 Å². The van der Waals surface area contributed by atoms with Gasteiger partial charge in [-0.05, 0) is 37.3 Å². The van der Waals surface area contributed by atoms with Crippen LogP contribution in [0.1, 0.15) is 43.0 Å². The van der Waals surface area contributed by atoms with E-state index in [1.165, 1.54) is 12.8 Å². The number of nitrogens with zero attached hydrogens (tertiary/aromatic N) is 2. The number of carbonyl (C=O) groups excluding carboxylic acids is 1. The van der Waals surface area contributed by atoms with E-state index in [-0.39, 0.29) is 5.91 Å². The smallest absolute Gasteiger partial charge is 0.257 e. The van der Waals surface area contributed by atoms with Crippen molar-refractivity contribution in [1.82, 2.24) is 9.88 Å². The maximum atomic E-state index is 12.5. The summed E-state index contributed by atoms with van der Waals surface area (Å²) in [5.74, 6) is 6.63. The van der Waals surface area contributed by atoms with Crippen LogP contribution in [0.4, 0.5) is 5.82 Å². The van der Waals surface area contributed by atoms with Crippen LogP contribution in [0.2, 0.25) is 0 Å². The summed E-state index contributed by atoms with van der Waals surface area (Å²) in [6.07, 6.45) is 6.21. The predicted molar refractivity (Wildman–Crippen MR) is 75.6 cm³/mol. The van der Waals surface area contributed by atoms with Crippen molar-refractivity contribution in [3.63, 3.8) is 0 Å². The van der Waals surface area contributed by atoms with Gasteiger partial charge in [0.15, 0.2) is 5.82 Å². The van der Waals surface area contributed by atoms with Gasteiger partial charge in [-0.25, -0.2) is 10.8 Å². The van der Waals surface area contributed by atoms with Crippen molar-refractivity contribution in [2.75, 3.05) is 18.5 Å². The molecule has 1 aliphatic rings. The minimum atomic E-state index is 0.0257. The van der Waals surface area contributed by atoms with Crippen molar-refractivity contribution in [2.24, 2.45) is 11.8 Å². The van der Waals surface area contributed by atoms with E-state index in [2.05, 4.69) is 17.3 Å². The first-order chi connectivity index (χ1) is 9.26. The lowest BCUT2D eigenvalue weighted by atomic mass is 9.98. The quantitative estimate of drug-likeness (QED) is 0.646. The third-order valence-corrected chi connectivity index (χ3v) is 3.89. The van der Waals surface area contributed by atoms with Gasteiger partial charge in [0, 0.05) is 19.3 Å². The number of nitrogen functional groups attached to an aromatic ring is 1. The Hall–Kier alpha value is -1.62. The van der Waals surface area contributed by atoms with Crippen LogP contribution in [0, 0.1) is 5.92 Å². The molecule has 2 heterocycles. The molecule has 0 aliphatic carbocycles. The average molecular weight is 262 g/mol. The summed E-state index contributed by atoms with van der Waals surface area (Å²) in [4.78, 5) is 18.5. The van der Waals surface area contributed by atoms with Crippen molar-refractivity contribution >= 4 is 11.7 Å². The summed E-state index contributed by atoms with van der Waals surface area (Å²) in [6.45, 7) is 3.88. The summed E-state index contributed by atoms with van der Waals surface area (Å²) >= 11 is 0. The second kappa shape index (κ2) is 6.52. The fraction of sp³-hybridized carbons (Fsp3) is 0.571. The highest BCUT2D eigenvalue weighted by atomic mass is 16.2. The van der Waals surface area contributed by atoms with Crippen molar-refractivity contribution in [2.45, 2.75) is 32.6 Å². The molecular weight excluding hydrogens is 240 g/mol. The monoisotopic (exact) mass is 262 g/mol. The van der Waals surface area contributed by atoms with E-state index >= 15 is 0 Å². The van der Waals surface area contributed by atoms with E-state index in [9.17, 15) is 4.79 Å². The zero-order chi connectivity index (χ0) is 13.7. The number of nitrogens with two attached hydrogens (primary N) is 1. The van der Waals surface area contributed by atoms with Gasteiger partial charge in [0.05, 0.1) is 5.56 Å². The Morgan fingerprint density at radius 1 is 1.53 bits per heavy atom. The van der Waals surface area contributed by atoms with Gasteiger partial charge >= 0.3 is 0 Å². The van der Waals surface area contributed by atoms with Gasteiger partial charge in [0.25, 0.3) is 5.91 Å². The molecule has 1 aromatic rings. The van der Waals surface area contributed by atoms with Gasteiger partial charge < -0.3 is 10.3 Å². The number of likely N-dealkylation sites (tertiary alicyclic amines) is 1. The van der Waals surface area contributed by atoms with Crippen molar-refractivity contribution < 1.29 is 4.79 Å². The van der Waals surface area contributed by atoms with Gasteiger partial charge in [-0.3, -0.25) is 4.79 Å². The minimum absolute atomic E-state index is 0.0257. The SMILES string of the molecule is CCC1CCCN(C(=O)c2cccnc2NN)CC1. The number of hydrogen-bond donors (Lipinski definition) is 2. The van der Waals surface area contributed by atoms with Crippen LogP contribution in [-0.4, -0.2) is 28.9 Å². The van der Waals surface area contributed by atoms with E-state index in [0.29, 0.717) is 11.4 Å². The van der Waals surface area contributed by atoms with Gasteiger partial charge in [-0.2, -0.15) is 0 Å². The maximum absolute atomic E-state index is 12.5. The molecule has 1 aliphatic heterocycles. The Morgan fingerprint density at radius 2 is 2.37 bits per heavy atom. The van der Waals surface area contributed by atoms with Crippen LogP contribution in [0.3, 0.4) is 0 Å². The molecule has 104 valence electrons. The predicted octanol–water partition coefficient (Wildman–Crippen LogP) is 2.02. The molecule has 1 unspecified atom stereocenters. The lowest BCUT2D eigenvalue weighted by Crippen LogP contribution is -2.33. The molecule has 2 rings (SSSR count). The van der Waals surface area contributed by atoms with Gasteiger partial charge in [0.1, 0.15) is 0 Å². The normalized spacial score (nSPS) is 19.9. The van der Waals surface area contributed by atoms with Crippen LogP contribution >= 0.6 is 0 Å². The fourth-order valence-corrected chi connectivity index (χ4v) is 2.64. The number of amides is 1. The minimum Gasteiger partial charge on any atom is -0.339 e. The highest BCUT2D eigenvalue weighted by molar-refractivity contribution is 5.98. The Morgan fingerprint density at radius 3 is 3.11 bits per heavy atom. The Labute approximate surface area is 114 Å². The molecule has 1 amide bonds. The van der Waals surface area contributed by atoms with Crippen LogP contribution in [0.5, 0.6) is 0 Å². The Bertz CT molecular complexity index is 435. The summed E-state index contributed by atoms with van der Waals surface area (Å²) in [7, 11) is 0. The first kappa shape index (κ1) is 13.8. The van der Waals surface area contributed by atoms with Crippen molar-refractivity contribution in [1.29, 1.82) is 0 Å². The zero-order valence-corrected chi connectivity index (χ0v) is 11.4. The molecule has 3 N–H and O–H groups in total. The lowest BCUT2D eigenvalue weighted by Gasteiger charge is -2.21. The Balaban J connectivity index is 2.10. The van der Waals surface area contributed by atoms with Crippen molar-refractivity contribution in [3.05, 3.63) is 23.9 Å². The molecule has 0 spiro atoms. The highest BCUT2D eigenvalue weighted by Crippen LogP contribution is 2.22. The van der Waals surface area contributed by atoms with Crippen molar-refractivity contribution in [3.8, 4) is 0 Å². The first-order valence-electron chi connectivity index (χ1n) is 6.97. The maximum Gasteiger partial charge on any atom is 0.257 e. The number of nitrogens with one attached hydrogen (secondary N) is 1. The molecule has 0 radical (unpaired) electrons. The van der Waals surface area contributed by atoms with Crippen LogP contribution in [0.25, 0.3) is 0 Å². The molecule has 19 heavy (non-hydrogen) atoms. The van der Waals surface area contributed by atoms with Crippen LogP contribution in [-0.2, 0) is 0 Å². The zero-order valence-electron chi connectivity index (χ0n) is 11.4. The number of pyridine rings is 1. The summed E-state index contributed by atoms with van der Waals surface area (Å²) in [5, 5.41) is 0. The van der Waals surface area contributed by atoms with E-state index in [0.717, 1.165) is 31.8 Å². The molecule has 1 aromatic heterocycles. The van der Waals surface area contributed by atoms with Crippen LogP contribution in [0.15, 0.2) is 18.3 Å². The number of hydrazine groups is 1. The lowest BCUT2D eigenvalue weighted by molar-refractivity contribution is 0.0760. The average Bonchev–Trinajstić information content (AvgIpc) is 2.71. The van der Waals surface area contributed by atoms with E-state index in [4.69, 9.17) is 5.84 Å². The third-order valence-electron chi connectivity index (χ3n) is 3.89. The first-order valence-corrected chi connectivity index (χ1v) is 6.97. The molecule has 5 nitrogen and oxygen atoms in total. The number of anilines is 1. The van der Waals surface area contributed by atoms with Gasteiger partial charge in [-0.1, -0.05) is 13.3 Å². The second-order valence-electron chi connectivity index (χ2n) is 5.04. The van der Waals surface area contributed by atoms with E-state index in [1.807, 2.05) is 4.90 Å². The summed E-state index contributed by atoms with van der Waals surface area (Å²) in [5.41, 5.74) is 3.05. The standard InChI is InChI=1S/C14H22N4O/c1-2-11-5-4-9-18(10-7-11)14(19)12-6-3-8-16-13(12)17-15/h3,6,8,11H,2,4-5,7,9-10,15H2,1H3,(H,16,17). The molecule has 5 heteroatoms. The van der Waals surface area contributed by atoms with Gasteiger partial charge in [-0.15, -0.1) is 0 Å². The molecule has 1 atom stereocenters. The molecule has 0 saturated carbocycles. The number of rotatable bonds is 3. The number of carbonyl (C=O) groups is 1. The molecular formula is C14H22N4O. The third kappa shape index (κ3) is 3.23. The summed E-state index contributed by atoms with van der Waals surface area (Å²) in [6, 6.07) is 3.54. The second-order valence-corrected chi connectivity index (χ2v) is 5.04. The van der Waals surface area contributed by atoms with E-state index < -0.39 is 0 Å². The molecule has 1 fully saturated rings. The number of hydrogen-bond acceptors (Lipinski definition) is 4. The fourth-order valence-electron chi connectivity index (χ4n) is 2.64. The van der Waals surface area contributed by atoms with Gasteiger partial charge in [0.2, 0.25) is 0 Å². The number of aromatic nitrogens is 1.